The number of aliphatic hydroxyl groups is 1. The maximum Gasteiger partial charge on any atom is 0.416 e. The number of hydrogen-bond acceptors (Lipinski definition) is 2. The summed E-state index contributed by atoms with van der Waals surface area (Å²) < 4.78 is 38.1. The molecule has 1 aliphatic carbocycles. The molecular weight excluding hydrogens is 307 g/mol. The molecule has 1 aliphatic rings. The third-order valence-electron chi connectivity index (χ3n) is 4.22. The number of benzene rings is 1. The largest absolute Gasteiger partial charge is 0.416 e. The molecule has 2 unspecified atom stereocenters. The highest BCUT2D eigenvalue weighted by atomic mass is 19.4. The highest BCUT2D eigenvalue weighted by Crippen LogP contribution is 2.33. The van der Waals surface area contributed by atoms with E-state index in [1.807, 2.05) is 0 Å². The molecule has 0 aromatic heterocycles. The molecule has 0 saturated heterocycles. The van der Waals surface area contributed by atoms with Gasteiger partial charge in [-0.05, 0) is 36.8 Å². The quantitative estimate of drug-likeness (QED) is 0.871. The first-order chi connectivity index (χ1) is 10.7. The molecule has 0 bridgehead atoms. The number of halogens is 3. The van der Waals surface area contributed by atoms with Crippen molar-refractivity contribution in [3.8, 4) is 0 Å². The SMILES string of the molecule is CC(Cc1cccc(C(F)(F)F)c1)C(=O)N(C)CC(O)C1CC1. The van der Waals surface area contributed by atoms with Gasteiger partial charge in [-0.1, -0.05) is 25.1 Å². The Labute approximate surface area is 134 Å². The molecule has 1 aromatic carbocycles. The van der Waals surface area contributed by atoms with E-state index in [-0.39, 0.29) is 24.8 Å². The van der Waals surface area contributed by atoms with Crippen LogP contribution in [-0.2, 0) is 17.4 Å². The lowest BCUT2D eigenvalue weighted by Gasteiger charge is -2.24. The Balaban J connectivity index is 1.94. The van der Waals surface area contributed by atoms with Crippen LogP contribution in [0.1, 0.15) is 30.9 Å². The van der Waals surface area contributed by atoms with Gasteiger partial charge in [-0.2, -0.15) is 13.2 Å². The fourth-order valence-corrected chi connectivity index (χ4v) is 2.69. The van der Waals surface area contributed by atoms with Crippen LogP contribution in [0.3, 0.4) is 0 Å². The molecule has 0 spiro atoms. The average Bonchev–Trinajstić information content (AvgIpc) is 3.30. The van der Waals surface area contributed by atoms with E-state index < -0.39 is 23.8 Å². The Morgan fingerprint density at radius 2 is 2.04 bits per heavy atom. The molecule has 1 aromatic rings. The van der Waals surface area contributed by atoms with Crippen molar-refractivity contribution in [1.82, 2.24) is 4.90 Å². The molecule has 1 saturated carbocycles. The molecule has 1 fully saturated rings. The number of nitrogens with zero attached hydrogens (tertiary/aromatic N) is 1. The maximum atomic E-state index is 12.7. The van der Waals surface area contributed by atoms with Crippen molar-refractivity contribution in [2.45, 2.75) is 38.5 Å². The van der Waals surface area contributed by atoms with Gasteiger partial charge in [0.05, 0.1) is 11.7 Å². The topological polar surface area (TPSA) is 40.5 Å². The Bertz CT molecular complexity index is 555. The van der Waals surface area contributed by atoms with E-state index in [1.165, 1.54) is 11.0 Å². The van der Waals surface area contributed by atoms with E-state index >= 15 is 0 Å². The van der Waals surface area contributed by atoms with E-state index in [1.54, 1.807) is 20.0 Å². The van der Waals surface area contributed by atoms with Gasteiger partial charge < -0.3 is 10.0 Å². The van der Waals surface area contributed by atoms with Gasteiger partial charge in [0, 0.05) is 19.5 Å². The van der Waals surface area contributed by atoms with Crippen LogP contribution in [0.15, 0.2) is 24.3 Å². The molecule has 0 aliphatic heterocycles. The fraction of sp³-hybridized carbons (Fsp3) is 0.588. The van der Waals surface area contributed by atoms with E-state index in [4.69, 9.17) is 0 Å². The minimum atomic E-state index is -4.38. The summed E-state index contributed by atoms with van der Waals surface area (Å²) in [4.78, 5) is 13.8. The first-order valence-electron chi connectivity index (χ1n) is 7.77. The van der Waals surface area contributed by atoms with Gasteiger partial charge in [0.15, 0.2) is 0 Å². The lowest BCUT2D eigenvalue weighted by molar-refractivity contribution is -0.137. The van der Waals surface area contributed by atoms with E-state index in [0.29, 0.717) is 5.56 Å². The van der Waals surface area contributed by atoms with E-state index in [2.05, 4.69) is 0 Å². The summed E-state index contributed by atoms with van der Waals surface area (Å²) in [7, 11) is 1.62. The number of rotatable bonds is 6. The smallest absolute Gasteiger partial charge is 0.391 e. The molecule has 128 valence electrons. The zero-order valence-electron chi connectivity index (χ0n) is 13.3. The minimum Gasteiger partial charge on any atom is -0.391 e. The van der Waals surface area contributed by atoms with Crippen LogP contribution in [0.25, 0.3) is 0 Å². The number of amides is 1. The molecule has 23 heavy (non-hydrogen) atoms. The van der Waals surface area contributed by atoms with Gasteiger partial charge in [0.25, 0.3) is 0 Å². The van der Waals surface area contributed by atoms with Crippen LogP contribution in [0, 0.1) is 11.8 Å². The van der Waals surface area contributed by atoms with Crippen molar-refractivity contribution in [2.75, 3.05) is 13.6 Å². The summed E-state index contributed by atoms with van der Waals surface area (Å²) in [6.45, 7) is 1.97. The third-order valence-corrected chi connectivity index (χ3v) is 4.22. The summed E-state index contributed by atoms with van der Waals surface area (Å²) in [5, 5.41) is 9.89. The second kappa shape index (κ2) is 6.91. The van der Waals surface area contributed by atoms with Crippen LogP contribution < -0.4 is 0 Å². The predicted octanol–water partition coefficient (Wildman–Crippen LogP) is 3.11. The standard InChI is InChI=1S/C17H22F3NO2/c1-11(16(23)21(2)10-15(22)13-6-7-13)8-12-4-3-5-14(9-12)17(18,19)20/h3-5,9,11,13,15,22H,6-8,10H2,1-2H3. The van der Waals surface area contributed by atoms with E-state index in [0.717, 1.165) is 25.0 Å². The lowest BCUT2D eigenvalue weighted by atomic mass is 9.98. The number of carbonyl (C=O) groups is 1. The zero-order chi connectivity index (χ0) is 17.2. The lowest BCUT2D eigenvalue weighted by Crippen LogP contribution is -2.38. The summed E-state index contributed by atoms with van der Waals surface area (Å²) in [5.41, 5.74) is -0.219. The van der Waals surface area contributed by atoms with Crippen LogP contribution in [0.5, 0.6) is 0 Å². The summed E-state index contributed by atoms with van der Waals surface area (Å²) in [6.07, 6.45) is -2.67. The first kappa shape index (κ1) is 17.8. The van der Waals surface area contributed by atoms with E-state index in [9.17, 15) is 23.1 Å². The van der Waals surface area contributed by atoms with Crippen LogP contribution in [-0.4, -0.2) is 35.6 Å². The highest BCUT2D eigenvalue weighted by molar-refractivity contribution is 5.78. The fourth-order valence-electron chi connectivity index (χ4n) is 2.69. The Hall–Kier alpha value is -1.56. The molecular formula is C17H22F3NO2. The second-order valence-corrected chi connectivity index (χ2v) is 6.43. The van der Waals surface area contributed by atoms with Crippen LogP contribution in [0.4, 0.5) is 13.2 Å². The number of hydrogen-bond donors (Lipinski definition) is 1. The van der Waals surface area contributed by atoms with Gasteiger partial charge in [-0.15, -0.1) is 0 Å². The monoisotopic (exact) mass is 329 g/mol. The van der Waals surface area contributed by atoms with Crippen molar-refractivity contribution in [3.63, 3.8) is 0 Å². The van der Waals surface area contributed by atoms with Gasteiger partial charge in [0.2, 0.25) is 5.91 Å². The van der Waals surface area contributed by atoms with Crippen molar-refractivity contribution in [1.29, 1.82) is 0 Å². The Morgan fingerprint density at radius 3 is 2.61 bits per heavy atom. The Morgan fingerprint density at radius 1 is 1.39 bits per heavy atom. The number of carbonyl (C=O) groups excluding carboxylic acids is 1. The molecule has 2 atom stereocenters. The number of likely N-dealkylation sites (N-methyl/N-ethyl adjacent to an activating group) is 1. The molecule has 1 amide bonds. The molecule has 0 heterocycles. The van der Waals surface area contributed by atoms with Crippen molar-refractivity contribution in [3.05, 3.63) is 35.4 Å². The predicted molar refractivity (Wildman–Crippen MR) is 80.7 cm³/mol. The Kier molecular flexibility index (Phi) is 5.34. The third kappa shape index (κ3) is 4.96. The van der Waals surface area contributed by atoms with Gasteiger partial charge >= 0.3 is 6.18 Å². The maximum absolute atomic E-state index is 12.7. The van der Waals surface area contributed by atoms with Gasteiger partial charge in [0.1, 0.15) is 0 Å². The molecule has 1 N–H and O–H groups in total. The minimum absolute atomic E-state index is 0.165. The number of aliphatic hydroxyl groups excluding tert-OH is 1. The summed E-state index contributed by atoms with van der Waals surface area (Å²) >= 11 is 0. The van der Waals surface area contributed by atoms with Crippen LogP contribution in [0.2, 0.25) is 0 Å². The summed E-state index contributed by atoms with van der Waals surface area (Å²) in [6, 6.07) is 5.06. The summed E-state index contributed by atoms with van der Waals surface area (Å²) in [5.74, 6) is -0.318. The van der Waals surface area contributed by atoms with Gasteiger partial charge in [-0.25, -0.2) is 0 Å². The average molecular weight is 329 g/mol. The molecule has 3 nitrogen and oxygen atoms in total. The van der Waals surface area contributed by atoms with Crippen molar-refractivity contribution in [2.24, 2.45) is 11.8 Å². The van der Waals surface area contributed by atoms with Crippen molar-refractivity contribution >= 4 is 5.91 Å². The van der Waals surface area contributed by atoms with Gasteiger partial charge in [-0.3, -0.25) is 4.79 Å². The normalized spacial score (nSPS) is 17.7. The first-order valence-corrected chi connectivity index (χ1v) is 7.77. The highest BCUT2D eigenvalue weighted by Gasteiger charge is 2.32. The molecule has 0 radical (unpaired) electrons. The molecule has 6 heteroatoms. The van der Waals surface area contributed by atoms with Crippen LogP contribution >= 0.6 is 0 Å². The molecule has 2 rings (SSSR count). The zero-order valence-corrected chi connectivity index (χ0v) is 13.3. The second-order valence-electron chi connectivity index (χ2n) is 6.43. The number of alkyl halides is 3. The van der Waals surface area contributed by atoms with Crippen molar-refractivity contribution < 1.29 is 23.1 Å².